The fourth-order valence-electron chi connectivity index (χ4n) is 3.11. The van der Waals surface area contributed by atoms with Crippen molar-refractivity contribution >= 4 is 11.8 Å². The molecule has 2 atom stereocenters. The van der Waals surface area contributed by atoms with E-state index in [9.17, 15) is 9.59 Å². The van der Waals surface area contributed by atoms with Gasteiger partial charge in [0.15, 0.2) is 0 Å². The molecule has 2 amide bonds. The number of methoxy groups -OCH3 is 1. The lowest BCUT2D eigenvalue weighted by atomic mass is 10.0. The minimum Gasteiger partial charge on any atom is -0.497 e. The highest BCUT2D eigenvalue weighted by molar-refractivity contribution is 5.88. The number of carbonyl (C=O) groups excluding carboxylic acids is 2. The number of aryl methyl sites for hydroxylation is 1. The summed E-state index contributed by atoms with van der Waals surface area (Å²) in [4.78, 5) is 25.2. The van der Waals surface area contributed by atoms with Gasteiger partial charge in [-0.3, -0.25) is 9.59 Å². The van der Waals surface area contributed by atoms with E-state index >= 15 is 0 Å². The second-order valence-corrected chi connectivity index (χ2v) is 7.81. The Balaban J connectivity index is 1.97. The normalized spacial score (nSPS) is 12.9. The van der Waals surface area contributed by atoms with E-state index in [1.807, 2.05) is 75.4 Å². The first-order valence-corrected chi connectivity index (χ1v) is 10.2. The second kappa shape index (κ2) is 11.2. The Morgan fingerprint density at radius 1 is 0.931 bits per heavy atom. The van der Waals surface area contributed by atoms with E-state index in [0.29, 0.717) is 6.42 Å². The molecule has 0 saturated carbocycles. The zero-order chi connectivity index (χ0) is 21.2. The summed E-state index contributed by atoms with van der Waals surface area (Å²) in [5.41, 5.74) is 1.97. The van der Waals surface area contributed by atoms with Crippen molar-refractivity contribution in [3.8, 4) is 5.75 Å². The van der Waals surface area contributed by atoms with Crippen LogP contribution in [0.4, 0.5) is 0 Å². The molecule has 5 heteroatoms. The van der Waals surface area contributed by atoms with Crippen molar-refractivity contribution in [2.75, 3.05) is 7.11 Å². The number of hydrogen-bond donors (Lipinski definition) is 2. The summed E-state index contributed by atoms with van der Waals surface area (Å²) in [5.74, 6) is 0.765. The zero-order valence-electron chi connectivity index (χ0n) is 17.8. The lowest BCUT2D eigenvalue weighted by Gasteiger charge is -2.22. The smallest absolute Gasteiger partial charge is 0.247 e. The van der Waals surface area contributed by atoms with Gasteiger partial charge in [-0.25, -0.2) is 0 Å². The molecule has 0 saturated heterocycles. The van der Waals surface area contributed by atoms with Crippen molar-refractivity contribution in [3.63, 3.8) is 0 Å². The molecular formula is C24H32N2O3. The monoisotopic (exact) mass is 396 g/mol. The predicted octanol–water partition coefficient (Wildman–Crippen LogP) is 4.04. The first-order chi connectivity index (χ1) is 13.9. The van der Waals surface area contributed by atoms with Crippen molar-refractivity contribution in [1.29, 1.82) is 0 Å². The van der Waals surface area contributed by atoms with E-state index in [1.165, 1.54) is 5.56 Å². The summed E-state index contributed by atoms with van der Waals surface area (Å²) >= 11 is 0. The molecule has 2 aromatic rings. The van der Waals surface area contributed by atoms with E-state index in [2.05, 4.69) is 10.6 Å². The van der Waals surface area contributed by atoms with Crippen LogP contribution in [0.2, 0.25) is 0 Å². The third-order valence-electron chi connectivity index (χ3n) is 4.71. The Labute approximate surface area is 173 Å². The van der Waals surface area contributed by atoms with E-state index in [-0.39, 0.29) is 23.8 Å². The van der Waals surface area contributed by atoms with Gasteiger partial charge in [-0.15, -0.1) is 0 Å². The first-order valence-electron chi connectivity index (χ1n) is 10.2. The van der Waals surface area contributed by atoms with Crippen LogP contribution in [0.3, 0.4) is 0 Å². The molecule has 2 rings (SSSR count). The lowest BCUT2D eigenvalue weighted by molar-refractivity contribution is -0.130. The fourth-order valence-corrected chi connectivity index (χ4v) is 3.11. The Morgan fingerprint density at radius 2 is 1.59 bits per heavy atom. The summed E-state index contributed by atoms with van der Waals surface area (Å²) in [7, 11) is 1.65. The third kappa shape index (κ3) is 7.60. The molecule has 0 aliphatic carbocycles. The topological polar surface area (TPSA) is 67.4 Å². The lowest BCUT2D eigenvalue weighted by Crippen LogP contribution is -2.43. The average Bonchev–Trinajstić information content (AvgIpc) is 2.71. The van der Waals surface area contributed by atoms with Crippen LogP contribution < -0.4 is 15.4 Å². The quantitative estimate of drug-likeness (QED) is 0.637. The number of ether oxygens (including phenoxy) is 1. The van der Waals surface area contributed by atoms with Gasteiger partial charge in [-0.2, -0.15) is 0 Å². The molecule has 0 fully saturated rings. The van der Waals surface area contributed by atoms with Gasteiger partial charge in [0.05, 0.1) is 7.11 Å². The van der Waals surface area contributed by atoms with Gasteiger partial charge >= 0.3 is 0 Å². The van der Waals surface area contributed by atoms with E-state index < -0.39 is 6.04 Å². The van der Waals surface area contributed by atoms with Gasteiger partial charge in [0.1, 0.15) is 11.8 Å². The van der Waals surface area contributed by atoms with Crippen molar-refractivity contribution in [2.45, 2.75) is 52.1 Å². The highest BCUT2D eigenvalue weighted by Crippen LogP contribution is 2.16. The number of hydrogen-bond acceptors (Lipinski definition) is 3. The van der Waals surface area contributed by atoms with E-state index in [4.69, 9.17) is 4.74 Å². The maximum Gasteiger partial charge on any atom is 0.247 e. The molecule has 2 aromatic carbocycles. The summed E-state index contributed by atoms with van der Waals surface area (Å²) in [5, 5.41) is 5.94. The predicted molar refractivity (Wildman–Crippen MR) is 116 cm³/mol. The standard InChI is InChI=1S/C24H32N2O3/c1-17(2)16-22(27)26-23(20-8-6-5-7-9-20)24(28)25-18(3)10-11-19-12-14-21(29-4)15-13-19/h5-9,12-15,17-18,23H,10-11,16H2,1-4H3,(H,25,28)(H,26,27). The van der Waals surface area contributed by atoms with Gasteiger partial charge in [0, 0.05) is 12.5 Å². The Kier molecular flexibility index (Phi) is 8.71. The van der Waals surface area contributed by atoms with Crippen molar-refractivity contribution in [3.05, 3.63) is 65.7 Å². The van der Waals surface area contributed by atoms with E-state index in [0.717, 1.165) is 24.2 Å². The van der Waals surface area contributed by atoms with Crippen LogP contribution in [0.15, 0.2) is 54.6 Å². The highest BCUT2D eigenvalue weighted by atomic mass is 16.5. The van der Waals surface area contributed by atoms with Crippen molar-refractivity contribution in [2.24, 2.45) is 5.92 Å². The van der Waals surface area contributed by atoms with Gasteiger partial charge < -0.3 is 15.4 Å². The molecule has 156 valence electrons. The van der Waals surface area contributed by atoms with Crippen LogP contribution in [-0.2, 0) is 16.0 Å². The molecule has 2 unspecified atom stereocenters. The summed E-state index contributed by atoms with van der Waals surface area (Å²) in [6.45, 7) is 5.95. The third-order valence-corrected chi connectivity index (χ3v) is 4.71. The molecular weight excluding hydrogens is 364 g/mol. The molecule has 0 aromatic heterocycles. The molecule has 0 spiro atoms. The molecule has 0 heterocycles. The van der Waals surface area contributed by atoms with Crippen LogP contribution in [-0.4, -0.2) is 25.0 Å². The van der Waals surface area contributed by atoms with E-state index in [1.54, 1.807) is 7.11 Å². The van der Waals surface area contributed by atoms with Gasteiger partial charge in [-0.05, 0) is 48.9 Å². The molecule has 0 aliphatic heterocycles. The number of nitrogens with one attached hydrogen (secondary N) is 2. The first kappa shape index (κ1) is 22.5. The van der Waals surface area contributed by atoms with Crippen LogP contribution >= 0.6 is 0 Å². The van der Waals surface area contributed by atoms with Gasteiger partial charge in [0.2, 0.25) is 11.8 Å². The number of amides is 2. The average molecular weight is 397 g/mol. The minimum absolute atomic E-state index is 0.0159. The van der Waals surface area contributed by atoms with Crippen LogP contribution in [0.5, 0.6) is 5.75 Å². The molecule has 0 bridgehead atoms. The highest BCUT2D eigenvalue weighted by Gasteiger charge is 2.24. The molecule has 0 aliphatic rings. The van der Waals surface area contributed by atoms with Crippen LogP contribution in [0.1, 0.15) is 50.8 Å². The number of benzene rings is 2. The summed E-state index contributed by atoms with van der Waals surface area (Å²) < 4.78 is 5.18. The Bertz CT molecular complexity index is 772. The zero-order valence-corrected chi connectivity index (χ0v) is 17.8. The van der Waals surface area contributed by atoms with Crippen molar-refractivity contribution < 1.29 is 14.3 Å². The molecule has 2 N–H and O–H groups in total. The SMILES string of the molecule is COc1ccc(CCC(C)NC(=O)C(NC(=O)CC(C)C)c2ccccc2)cc1. The van der Waals surface area contributed by atoms with Crippen molar-refractivity contribution in [1.82, 2.24) is 10.6 Å². The second-order valence-electron chi connectivity index (χ2n) is 7.81. The Hall–Kier alpha value is -2.82. The minimum atomic E-state index is -0.689. The summed E-state index contributed by atoms with van der Waals surface area (Å²) in [6, 6.07) is 16.6. The van der Waals surface area contributed by atoms with Gasteiger partial charge in [-0.1, -0.05) is 56.3 Å². The Morgan fingerprint density at radius 3 is 2.17 bits per heavy atom. The fraction of sp³-hybridized carbons (Fsp3) is 0.417. The largest absolute Gasteiger partial charge is 0.497 e. The molecule has 5 nitrogen and oxygen atoms in total. The van der Waals surface area contributed by atoms with Gasteiger partial charge in [0.25, 0.3) is 0 Å². The maximum atomic E-state index is 12.9. The van der Waals surface area contributed by atoms with Crippen LogP contribution in [0, 0.1) is 5.92 Å². The molecule has 29 heavy (non-hydrogen) atoms. The number of rotatable bonds is 10. The number of carbonyl (C=O) groups is 2. The summed E-state index contributed by atoms with van der Waals surface area (Å²) in [6.07, 6.45) is 2.05. The van der Waals surface area contributed by atoms with Crippen LogP contribution in [0.25, 0.3) is 0 Å². The maximum absolute atomic E-state index is 12.9. The molecule has 0 radical (unpaired) electrons.